The first kappa shape index (κ1) is 19.9. The summed E-state index contributed by atoms with van der Waals surface area (Å²) in [6.45, 7) is 1.36. The van der Waals surface area contributed by atoms with Gasteiger partial charge in [-0.15, -0.1) is 0 Å². The first-order valence-corrected chi connectivity index (χ1v) is 8.90. The van der Waals surface area contributed by atoms with E-state index in [1.54, 1.807) is 19.2 Å². The largest absolute Gasteiger partial charge is 0.497 e. The van der Waals surface area contributed by atoms with E-state index in [0.29, 0.717) is 27.8 Å². The zero-order chi connectivity index (χ0) is 18.4. The van der Waals surface area contributed by atoms with Crippen molar-refractivity contribution < 1.29 is 9.84 Å². The number of anilines is 1. The lowest BCUT2D eigenvalue weighted by atomic mass is 10.1. The first-order chi connectivity index (χ1) is 11.9. The monoisotopic (exact) mass is 382 g/mol. The molecule has 0 spiro atoms. The number of ether oxygens (including phenoxy) is 1. The van der Waals surface area contributed by atoms with Gasteiger partial charge in [0.2, 0.25) is 0 Å². The highest BCUT2D eigenvalue weighted by atomic mass is 35.5. The van der Waals surface area contributed by atoms with Gasteiger partial charge >= 0.3 is 0 Å². The Balaban J connectivity index is 1.84. The molecule has 0 bridgehead atoms. The second kappa shape index (κ2) is 9.30. The number of aliphatic hydroxyl groups is 1. The first-order valence-electron chi connectivity index (χ1n) is 8.14. The van der Waals surface area contributed by atoms with Crippen molar-refractivity contribution in [3.05, 3.63) is 57.6 Å². The second-order valence-electron chi connectivity index (χ2n) is 6.13. The number of nitrogens with two attached hydrogens (primary N) is 1. The molecule has 0 radical (unpaired) electrons. The number of likely N-dealkylation sites (N-methyl/N-ethyl adjacent to an activating group) is 1. The molecule has 6 heteroatoms. The van der Waals surface area contributed by atoms with Gasteiger partial charge < -0.3 is 20.5 Å². The maximum Gasteiger partial charge on any atom is 0.119 e. The minimum Gasteiger partial charge on any atom is -0.497 e. The van der Waals surface area contributed by atoms with Crippen LogP contribution < -0.4 is 10.5 Å². The number of aryl methyl sites for hydroxylation is 1. The number of nitrogen functional groups attached to an aromatic ring is 1. The zero-order valence-corrected chi connectivity index (χ0v) is 16.0. The summed E-state index contributed by atoms with van der Waals surface area (Å²) in [5.74, 6) is 0.874. The Kier molecular flexibility index (Phi) is 7.38. The van der Waals surface area contributed by atoms with Crippen LogP contribution in [0.4, 0.5) is 5.69 Å². The molecular formula is C19H24Cl2N2O2. The van der Waals surface area contributed by atoms with E-state index >= 15 is 0 Å². The molecule has 136 valence electrons. The van der Waals surface area contributed by atoms with E-state index in [0.717, 1.165) is 25.1 Å². The molecule has 3 N–H and O–H groups in total. The fourth-order valence-electron chi connectivity index (χ4n) is 2.67. The molecule has 2 aromatic rings. The van der Waals surface area contributed by atoms with Crippen molar-refractivity contribution in [2.75, 3.05) is 33.0 Å². The topological polar surface area (TPSA) is 58.7 Å². The van der Waals surface area contributed by atoms with Gasteiger partial charge in [-0.2, -0.15) is 0 Å². The highest BCUT2D eigenvalue weighted by Crippen LogP contribution is 2.31. The fraction of sp³-hybridized carbons (Fsp3) is 0.368. The van der Waals surface area contributed by atoms with Crippen LogP contribution in [0.3, 0.4) is 0 Å². The Hall–Kier alpha value is -1.46. The van der Waals surface area contributed by atoms with E-state index in [9.17, 15) is 5.11 Å². The highest BCUT2D eigenvalue weighted by Gasteiger charge is 2.14. The average Bonchev–Trinajstić information content (AvgIpc) is 2.59. The van der Waals surface area contributed by atoms with Crippen LogP contribution >= 0.6 is 23.2 Å². The zero-order valence-electron chi connectivity index (χ0n) is 14.5. The number of nitrogens with zero attached hydrogens (tertiary/aromatic N) is 1. The Labute approximate surface area is 159 Å². The lowest BCUT2D eigenvalue weighted by Crippen LogP contribution is -2.26. The summed E-state index contributed by atoms with van der Waals surface area (Å²) >= 11 is 12.1. The number of halogens is 2. The second-order valence-corrected chi connectivity index (χ2v) is 6.95. The van der Waals surface area contributed by atoms with Gasteiger partial charge in [0.15, 0.2) is 0 Å². The van der Waals surface area contributed by atoms with Crippen LogP contribution in [0.2, 0.25) is 10.0 Å². The lowest BCUT2D eigenvalue weighted by molar-refractivity contribution is 0.126. The summed E-state index contributed by atoms with van der Waals surface area (Å²) in [6.07, 6.45) is 1.27. The van der Waals surface area contributed by atoms with Crippen LogP contribution in [0.5, 0.6) is 5.75 Å². The molecule has 0 saturated heterocycles. The van der Waals surface area contributed by atoms with Gasteiger partial charge in [0, 0.05) is 6.54 Å². The highest BCUT2D eigenvalue weighted by molar-refractivity contribution is 6.38. The Bertz CT molecular complexity index is 687. The molecule has 0 aliphatic rings. The van der Waals surface area contributed by atoms with Crippen LogP contribution in [0.15, 0.2) is 36.4 Å². The van der Waals surface area contributed by atoms with Crippen LogP contribution in [-0.4, -0.2) is 37.3 Å². The molecule has 0 saturated carbocycles. The Morgan fingerprint density at radius 1 is 1.20 bits per heavy atom. The predicted octanol–water partition coefficient (Wildman–Crippen LogP) is 4.18. The number of aliphatic hydroxyl groups excluding tert-OH is 1. The van der Waals surface area contributed by atoms with Gasteiger partial charge in [0.25, 0.3) is 0 Å². The molecule has 1 unspecified atom stereocenters. The molecule has 4 nitrogen and oxygen atoms in total. The molecule has 0 fully saturated rings. The summed E-state index contributed by atoms with van der Waals surface area (Å²) in [5, 5.41) is 11.1. The molecule has 0 heterocycles. The van der Waals surface area contributed by atoms with Crippen molar-refractivity contribution in [3.63, 3.8) is 0 Å². The van der Waals surface area contributed by atoms with Crippen molar-refractivity contribution in [3.8, 4) is 5.75 Å². The molecule has 1 atom stereocenters. The van der Waals surface area contributed by atoms with E-state index in [-0.39, 0.29) is 0 Å². The molecular weight excluding hydrogens is 359 g/mol. The Morgan fingerprint density at radius 3 is 2.52 bits per heavy atom. The van der Waals surface area contributed by atoms with E-state index in [1.807, 2.05) is 25.2 Å². The SMILES string of the molecule is COc1cccc(CCCN(C)CC(O)c2cc(Cl)c(N)c(Cl)c2)c1. The van der Waals surface area contributed by atoms with Crippen LogP contribution in [0.25, 0.3) is 0 Å². The van der Waals surface area contributed by atoms with Crippen molar-refractivity contribution in [2.45, 2.75) is 18.9 Å². The van der Waals surface area contributed by atoms with E-state index in [2.05, 4.69) is 11.0 Å². The van der Waals surface area contributed by atoms with E-state index in [1.165, 1.54) is 5.56 Å². The van der Waals surface area contributed by atoms with Gasteiger partial charge in [-0.25, -0.2) is 0 Å². The third-order valence-electron chi connectivity index (χ3n) is 4.11. The van der Waals surface area contributed by atoms with Crippen molar-refractivity contribution in [1.82, 2.24) is 4.90 Å². The minimum absolute atomic E-state index is 0.339. The summed E-state index contributed by atoms with van der Waals surface area (Å²) in [6, 6.07) is 11.4. The standard InChI is InChI=1S/C19H24Cl2N2O2/c1-23(8-4-6-13-5-3-7-15(9-13)25-2)12-18(24)14-10-16(20)19(22)17(21)11-14/h3,5,7,9-11,18,24H,4,6,8,12,22H2,1-2H3. The molecule has 0 aliphatic carbocycles. The van der Waals surface area contributed by atoms with Gasteiger partial charge in [0.05, 0.1) is 28.9 Å². The van der Waals surface area contributed by atoms with E-state index in [4.69, 9.17) is 33.7 Å². The smallest absolute Gasteiger partial charge is 0.119 e. The summed E-state index contributed by atoms with van der Waals surface area (Å²) in [4.78, 5) is 2.09. The minimum atomic E-state index is -0.669. The van der Waals surface area contributed by atoms with Crippen molar-refractivity contribution in [1.29, 1.82) is 0 Å². The van der Waals surface area contributed by atoms with Crippen LogP contribution in [0, 0.1) is 0 Å². The normalized spacial score (nSPS) is 12.4. The van der Waals surface area contributed by atoms with Crippen molar-refractivity contribution >= 4 is 28.9 Å². The van der Waals surface area contributed by atoms with Gasteiger partial charge in [-0.05, 0) is 61.8 Å². The number of hydrogen-bond donors (Lipinski definition) is 2. The number of hydrogen-bond acceptors (Lipinski definition) is 4. The third-order valence-corrected chi connectivity index (χ3v) is 4.74. The lowest BCUT2D eigenvalue weighted by Gasteiger charge is -2.21. The molecule has 2 aromatic carbocycles. The van der Waals surface area contributed by atoms with Crippen molar-refractivity contribution in [2.24, 2.45) is 0 Å². The molecule has 0 aliphatic heterocycles. The number of benzene rings is 2. The van der Waals surface area contributed by atoms with Crippen LogP contribution in [0.1, 0.15) is 23.7 Å². The summed E-state index contributed by atoms with van der Waals surface area (Å²) in [5.41, 5.74) is 7.98. The van der Waals surface area contributed by atoms with Crippen LogP contribution in [-0.2, 0) is 6.42 Å². The molecule has 25 heavy (non-hydrogen) atoms. The maximum absolute atomic E-state index is 10.4. The third kappa shape index (κ3) is 5.79. The van der Waals surface area contributed by atoms with Gasteiger partial charge in [0.1, 0.15) is 5.75 Å². The number of methoxy groups -OCH3 is 1. The van der Waals surface area contributed by atoms with E-state index < -0.39 is 6.10 Å². The molecule has 0 amide bonds. The maximum atomic E-state index is 10.4. The summed E-state index contributed by atoms with van der Waals surface area (Å²) in [7, 11) is 3.65. The molecule has 2 rings (SSSR count). The average molecular weight is 383 g/mol. The molecule has 0 aromatic heterocycles. The summed E-state index contributed by atoms with van der Waals surface area (Å²) < 4.78 is 5.24. The van der Waals surface area contributed by atoms with Gasteiger partial charge in [-0.3, -0.25) is 0 Å². The fourth-order valence-corrected chi connectivity index (χ4v) is 3.17. The quantitative estimate of drug-likeness (QED) is 0.672. The predicted molar refractivity (Wildman–Crippen MR) is 105 cm³/mol. The number of rotatable bonds is 8. The van der Waals surface area contributed by atoms with Gasteiger partial charge in [-0.1, -0.05) is 35.3 Å². The Morgan fingerprint density at radius 2 is 1.88 bits per heavy atom.